The Morgan fingerprint density at radius 3 is 1.94 bits per heavy atom. The van der Waals surface area contributed by atoms with Crippen molar-refractivity contribution in [1.29, 1.82) is 0 Å². The van der Waals surface area contributed by atoms with E-state index in [-0.39, 0.29) is 0 Å². The lowest BCUT2D eigenvalue weighted by Crippen LogP contribution is -2.20. The summed E-state index contributed by atoms with van der Waals surface area (Å²) >= 11 is 0. The average molecular weight is 250 g/mol. The first-order valence-corrected chi connectivity index (χ1v) is 8.21. The van der Waals surface area contributed by atoms with Crippen molar-refractivity contribution in [1.82, 2.24) is 0 Å². The van der Waals surface area contributed by atoms with Gasteiger partial charge in [-0.25, -0.2) is 0 Å². The SMILES string of the molecule is C=C(CC1CCC(C)CC1)CC(CC)(CC)CC. The Morgan fingerprint density at radius 1 is 1.00 bits per heavy atom. The molecule has 0 atom stereocenters. The molecule has 1 fully saturated rings. The molecule has 0 aromatic heterocycles. The van der Waals surface area contributed by atoms with Gasteiger partial charge in [0.2, 0.25) is 0 Å². The third kappa shape index (κ3) is 4.44. The van der Waals surface area contributed by atoms with Crippen LogP contribution in [-0.2, 0) is 0 Å². The lowest BCUT2D eigenvalue weighted by Gasteiger charge is -2.33. The summed E-state index contributed by atoms with van der Waals surface area (Å²) in [6.45, 7) is 13.8. The van der Waals surface area contributed by atoms with Gasteiger partial charge in [-0.3, -0.25) is 0 Å². The molecule has 0 aliphatic heterocycles. The molecule has 0 radical (unpaired) electrons. The summed E-state index contributed by atoms with van der Waals surface area (Å²) in [5, 5.41) is 0. The van der Waals surface area contributed by atoms with E-state index in [0.29, 0.717) is 5.41 Å². The summed E-state index contributed by atoms with van der Waals surface area (Å²) in [6, 6.07) is 0. The molecular weight excluding hydrogens is 216 g/mol. The summed E-state index contributed by atoms with van der Waals surface area (Å²) in [4.78, 5) is 0. The fourth-order valence-electron chi connectivity index (χ4n) is 3.67. The van der Waals surface area contributed by atoms with Crippen molar-refractivity contribution in [2.24, 2.45) is 17.3 Å². The second kappa shape index (κ2) is 7.36. The van der Waals surface area contributed by atoms with Gasteiger partial charge in [0.05, 0.1) is 0 Å². The van der Waals surface area contributed by atoms with Crippen LogP contribution in [0.3, 0.4) is 0 Å². The maximum absolute atomic E-state index is 4.40. The van der Waals surface area contributed by atoms with Gasteiger partial charge in [0.15, 0.2) is 0 Å². The van der Waals surface area contributed by atoms with Crippen molar-refractivity contribution < 1.29 is 0 Å². The molecule has 1 aliphatic rings. The van der Waals surface area contributed by atoms with Crippen LogP contribution < -0.4 is 0 Å². The van der Waals surface area contributed by atoms with Gasteiger partial charge in [-0.15, -0.1) is 0 Å². The van der Waals surface area contributed by atoms with Crippen molar-refractivity contribution in [3.8, 4) is 0 Å². The predicted octanol–water partition coefficient (Wildman–Crippen LogP) is 6.37. The molecule has 1 rings (SSSR count). The standard InChI is InChI=1S/C18H34/c1-6-18(7-2,8-3)14-16(5)13-17-11-9-15(4)10-12-17/h15,17H,5-14H2,1-4H3. The Labute approximate surface area is 115 Å². The van der Waals surface area contributed by atoms with Crippen LogP contribution in [-0.4, -0.2) is 0 Å². The maximum atomic E-state index is 4.40. The van der Waals surface area contributed by atoms with Crippen LogP contribution in [0.15, 0.2) is 12.2 Å². The highest BCUT2D eigenvalue weighted by molar-refractivity contribution is 5.01. The second-order valence-corrected chi connectivity index (χ2v) is 6.82. The van der Waals surface area contributed by atoms with E-state index in [2.05, 4.69) is 34.3 Å². The van der Waals surface area contributed by atoms with E-state index in [4.69, 9.17) is 0 Å². The first-order valence-electron chi connectivity index (χ1n) is 8.21. The largest absolute Gasteiger partial charge is 0.0998 e. The maximum Gasteiger partial charge on any atom is -0.0266 e. The van der Waals surface area contributed by atoms with Gasteiger partial charge in [-0.05, 0) is 42.9 Å². The lowest BCUT2D eigenvalue weighted by molar-refractivity contribution is 0.235. The predicted molar refractivity (Wildman–Crippen MR) is 82.8 cm³/mol. The smallest absolute Gasteiger partial charge is 0.0266 e. The van der Waals surface area contributed by atoms with Gasteiger partial charge in [0, 0.05) is 0 Å². The fourth-order valence-corrected chi connectivity index (χ4v) is 3.67. The summed E-state index contributed by atoms with van der Waals surface area (Å²) < 4.78 is 0. The summed E-state index contributed by atoms with van der Waals surface area (Å²) in [5.41, 5.74) is 2.07. The molecular formula is C18H34. The highest BCUT2D eigenvalue weighted by Crippen LogP contribution is 2.40. The minimum Gasteiger partial charge on any atom is -0.0998 e. The fraction of sp³-hybridized carbons (Fsp3) is 0.889. The summed E-state index contributed by atoms with van der Waals surface area (Å²) in [6.07, 6.45) is 12.3. The van der Waals surface area contributed by atoms with Crippen molar-refractivity contribution in [2.45, 2.75) is 85.5 Å². The zero-order chi connectivity index (χ0) is 13.6. The minimum atomic E-state index is 0.541. The molecule has 0 heterocycles. The molecule has 0 unspecified atom stereocenters. The third-order valence-electron chi connectivity index (χ3n) is 5.59. The van der Waals surface area contributed by atoms with Crippen LogP contribution >= 0.6 is 0 Å². The number of hydrogen-bond acceptors (Lipinski definition) is 0. The quantitative estimate of drug-likeness (QED) is 0.461. The van der Waals surface area contributed by atoms with Crippen molar-refractivity contribution in [3.05, 3.63) is 12.2 Å². The molecule has 0 saturated heterocycles. The number of hydrogen-bond donors (Lipinski definition) is 0. The third-order valence-corrected chi connectivity index (χ3v) is 5.59. The highest BCUT2D eigenvalue weighted by atomic mass is 14.3. The number of allylic oxidation sites excluding steroid dienone is 1. The Kier molecular flexibility index (Phi) is 6.46. The van der Waals surface area contributed by atoms with Crippen LogP contribution in [0.25, 0.3) is 0 Å². The summed E-state index contributed by atoms with van der Waals surface area (Å²) in [5.74, 6) is 1.91. The zero-order valence-electron chi connectivity index (χ0n) is 13.2. The average Bonchev–Trinajstić information content (AvgIpc) is 2.39. The van der Waals surface area contributed by atoms with E-state index in [1.807, 2.05) is 0 Å². The topological polar surface area (TPSA) is 0 Å². The van der Waals surface area contributed by atoms with Gasteiger partial charge in [0.25, 0.3) is 0 Å². The van der Waals surface area contributed by atoms with Crippen molar-refractivity contribution >= 4 is 0 Å². The van der Waals surface area contributed by atoms with Crippen LogP contribution in [0.2, 0.25) is 0 Å². The van der Waals surface area contributed by atoms with E-state index in [0.717, 1.165) is 11.8 Å². The molecule has 1 saturated carbocycles. The molecule has 106 valence electrons. The molecule has 18 heavy (non-hydrogen) atoms. The Morgan fingerprint density at radius 2 is 1.50 bits per heavy atom. The van der Waals surface area contributed by atoms with E-state index in [1.54, 1.807) is 0 Å². The molecule has 0 bridgehead atoms. The molecule has 1 aliphatic carbocycles. The Hall–Kier alpha value is -0.260. The van der Waals surface area contributed by atoms with E-state index in [1.165, 1.54) is 63.4 Å². The monoisotopic (exact) mass is 250 g/mol. The van der Waals surface area contributed by atoms with E-state index in [9.17, 15) is 0 Å². The van der Waals surface area contributed by atoms with Crippen LogP contribution in [0.4, 0.5) is 0 Å². The molecule has 0 heteroatoms. The molecule has 0 spiro atoms. The lowest BCUT2D eigenvalue weighted by atomic mass is 9.72. The molecule has 0 aromatic rings. The van der Waals surface area contributed by atoms with E-state index >= 15 is 0 Å². The second-order valence-electron chi connectivity index (χ2n) is 6.82. The van der Waals surface area contributed by atoms with Crippen molar-refractivity contribution in [3.63, 3.8) is 0 Å². The zero-order valence-corrected chi connectivity index (χ0v) is 13.2. The molecule has 0 aromatic carbocycles. The van der Waals surface area contributed by atoms with Gasteiger partial charge in [-0.2, -0.15) is 0 Å². The highest BCUT2D eigenvalue weighted by Gasteiger charge is 2.26. The first-order chi connectivity index (χ1) is 8.55. The van der Waals surface area contributed by atoms with Crippen LogP contribution in [0.1, 0.15) is 85.5 Å². The van der Waals surface area contributed by atoms with Crippen molar-refractivity contribution in [2.75, 3.05) is 0 Å². The molecule has 0 amide bonds. The van der Waals surface area contributed by atoms with Gasteiger partial charge < -0.3 is 0 Å². The van der Waals surface area contributed by atoms with Gasteiger partial charge in [0.1, 0.15) is 0 Å². The van der Waals surface area contributed by atoms with Gasteiger partial charge >= 0.3 is 0 Å². The van der Waals surface area contributed by atoms with Gasteiger partial charge in [-0.1, -0.05) is 72.0 Å². The Balaban J connectivity index is 2.41. The summed E-state index contributed by atoms with van der Waals surface area (Å²) in [7, 11) is 0. The minimum absolute atomic E-state index is 0.541. The Bertz CT molecular complexity index is 230. The molecule has 0 N–H and O–H groups in total. The molecule has 0 nitrogen and oxygen atoms in total. The van der Waals surface area contributed by atoms with Crippen LogP contribution in [0.5, 0.6) is 0 Å². The normalized spacial score (nSPS) is 25.1. The first kappa shape index (κ1) is 15.8. The van der Waals surface area contributed by atoms with E-state index < -0.39 is 0 Å². The van der Waals surface area contributed by atoms with Crippen LogP contribution in [0, 0.1) is 17.3 Å². The number of rotatable bonds is 7.